The van der Waals surface area contributed by atoms with Crippen molar-refractivity contribution < 1.29 is 0 Å². The molecule has 0 aromatic heterocycles. The fourth-order valence-corrected chi connectivity index (χ4v) is 5.76. The molecule has 2 aromatic carbocycles. The minimum atomic E-state index is 0.802. The van der Waals surface area contributed by atoms with Crippen LogP contribution in [0.3, 0.4) is 0 Å². The van der Waals surface area contributed by atoms with E-state index in [9.17, 15) is 0 Å². The molecule has 0 aliphatic heterocycles. The Hall–Kier alpha value is 1.03. The highest BCUT2D eigenvalue weighted by Crippen LogP contribution is 2.37. The first-order chi connectivity index (χ1) is 11.1. The summed E-state index contributed by atoms with van der Waals surface area (Å²) < 4.78 is 0. The van der Waals surface area contributed by atoms with Crippen LogP contribution in [-0.2, 0) is 0 Å². The Kier molecular flexibility index (Phi) is 9.64. The smallest absolute Gasteiger partial charge is 0.0553 e. The monoisotopic (exact) mass is 530 g/mol. The van der Waals surface area contributed by atoms with Crippen molar-refractivity contribution in [3.63, 3.8) is 0 Å². The first-order valence-electron chi connectivity index (χ1n) is 6.78. The third kappa shape index (κ3) is 6.69. The van der Waals surface area contributed by atoms with Crippen LogP contribution in [0.2, 0.25) is 10.0 Å². The van der Waals surface area contributed by atoms with Gasteiger partial charge in [0.05, 0.1) is 10.0 Å². The van der Waals surface area contributed by atoms with Crippen molar-refractivity contribution in [2.24, 2.45) is 0 Å². The second-order valence-electron chi connectivity index (χ2n) is 4.36. The Morgan fingerprint density at radius 1 is 0.739 bits per heavy atom. The molecule has 0 spiro atoms. The molecule has 0 N–H and O–H groups in total. The van der Waals surface area contributed by atoms with Gasteiger partial charge in [0.1, 0.15) is 0 Å². The molecule has 2 aromatic rings. The van der Waals surface area contributed by atoms with Gasteiger partial charge in [-0.1, -0.05) is 66.8 Å². The summed E-state index contributed by atoms with van der Waals surface area (Å²) >= 11 is 24.8. The summed E-state index contributed by atoms with van der Waals surface area (Å²) in [6.45, 7) is 0. The van der Waals surface area contributed by atoms with Crippen molar-refractivity contribution in [2.75, 3.05) is 22.2 Å². The third-order valence-electron chi connectivity index (χ3n) is 2.71. The molecular weight excluding hydrogens is 519 g/mol. The average molecular weight is 533 g/mol. The van der Waals surface area contributed by atoms with Crippen molar-refractivity contribution in [1.82, 2.24) is 0 Å². The summed E-state index contributed by atoms with van der Waals surface area (Å²) in [4.78, 5) is 4.48. The molecule has 7 heteroatoms. The van der Waals surface area contributed by atoms with E-state index in [1.165, 1.54) is 0 Å². The molecule has 0 radical (unpaired) electrons. The summed E-state index contributed by atoms with van der Waals surface area (Å²) in [6, 6.07) is 12.4. The summed E-state index contributed by atoms with van der Waals surface area (Å²) in [7, 11) is 0. The van der Waals surface area contributed by atoms with Gasteiger partial charge in [-0.15, -0.1) is 23.5 Å². The van der Waals surface area contributed by atoms with Crippen molar-refractivity contribution >= 4 is 90.3 Å². The molecule has 2 rings (SSSR count). The molecular formula is C16H14Br2Cl2S3. The minimum absolute atomic E-state index is 0.802. The molecule has 0 amide bonds. The maximum atomic E-state index is 6.36. The number of rotatable bonds is 8. The van der Waals surface area contributed by atoms with Crippen LogP contribution in [0.1, 0.15) is 0 Å². The molecule has 0 aliphatic carbocycles. The summed E-state index contributed by atoms with van der Waals surface area (Å²) in [6.07, 6.45) is 0. The van der Waals surface area contributed by atoms with E-state index in [0.717, 1.165) is 51.8 Å². The Bertz CT molecular complexity index is 598. The number of halogens is 4. The molecule has 0 aliphatic rings. The SMILES string of the molecule is Clc1cc(Sc2ccc(SCCBr)c(Cl)c2)ccc1SCCBr. The quantitative estimate of drug-likeness (QED) is 0.249. The topological polar surface area (TPSA) is 0 Å². The first kappa shape index (κ1) is 20.3. The van der Waals surface area contributed by atoms with Crippen LogP contribution in [-0.4, -0.2) is 22.2 Å². The van der Waals surface area contributed by atoms with Gasteiger partial charge in [0.2, 0.25) is 0 Å². The van der Waals surface area contributed by atoms with E-state index in [0.29, 0.717) is 0 Å². The average Bonchev–Trinajstić information content (AvgIpc) is 2.53. The van der Waals surface area contributed by atoms with Gasteiger partial charge in [-0.3, -0.25) is 0 Å². The Morgan fingerprint density at radius 2 is 1.17 bits per heavy atom. The maximum Gasteiger partial charge on any atom is 0.0553 e. The van der Waals surface area contributed by atoms with E-state index in [4.69, 9.17) is 23.2 Å². The van der Waals surface area contributed by atoms with Crippen molar-refractivity contribution in [3.8, 4) is 0 Å². The zero-order chi connectivity index (χ0) is 16.7. The minimum Gasteiger partial charge on any atom is -0.124 e. The largest absolute Gasteiger partial charge is 0.124 e. The summed E-state index contributed by atoms with van der Waals surface area (Å²) in [5.74, 6) is 2.02. The normalized spacial score (nSPS) is 11.0. The highest BCUT2D eigenvalue weighted by Gasteiger charge is 2.07. The molecule has 0 fully saturated rings. The molecule has 124 valence electrons. The Balaban J connectivity index is 2.07. The summed E-state index contributed by atoms with van der Waals surface area (Å²) in [5, 5.41) is 3.53. The van der Waals surface area contributed by atoms with Crippen LogP contribution < -0.4 is 0 Å². The molecule has 0 unspecified atom stereocenters. The highest BCUT2D eigenvalue weighted by molar-refractivity contribution is 9.09. The van der Waals surface area contributed by atoms with Crippen molar-refractivity contribution in [1.29, 1.82) is 0 Å². The van der Waals surface area contributed by atoms with E-state index in [2.05, 4.69) is 56.1 Å². The van der Waals surface area contributed by atoms with Gasteiger partial charge in [-0.05, 0) is 36.4 Å². The number of thioether (sulfide) groups is 2. The molecule has 0 saturated heterocycles. The molecule has 0 heterocycles. The van der Waals surface area contributed by atoms with Crippen molar-refractivity contribution in [3.05, 3.63) is 46.4 Å². The van der Waals surface area contributed by atoms with Gasteiger partial charge in [0.25, 0.3) is 0 Å². The molecule has 0 nitrogen and oxygen atoms in total. The molecule has 23 heavy (non-hydrogen) atoms. The first-order valence-corrected chi connectivity index (χ1v) is 12.6. The van der Waals surface area contributed by atoms with Gasteiger partial charge in [-0.25, -0.2) is 0 Å². The van der Waals surface area contributed by atoms with E-state index in [-0.39, 0.29) is 0 Å². The third-order valence-corrected chi connectivity index (χ3v) is 8.53. The van der Waals surface area contributed by atoms with Gasteiger partial charge in [-0.2, -0.15) is 0 Å². The Morgan fingerprint density at radius 3 is 1.52 bits per heavy atom. The van der Waals surface area contributed by atoms with Crippen molar-refractivity contribution in [2.45, 2.75) is 19.6 Å². The summed E-state index contributed by atoms with van der Waals surface area (Å²) in [5.41, 5.74) is 0. The second-order valence-corrected chi connectivity index (χ2v) is 10.2. The number of alkyl halides is 2. The van der Waals surface area contributed by atoms with Crippen LogP contribution in [0.15, 0.2) is 56.0 Å². The van der Waals surface area contributed by atoms with Crippen LogP contribution >= 0.6 is 90.3 Å². The number of hydrogen-bond donors (Lipinski definition) is 0. The lowest BCUT2D eigenvalue weighted by atomic mass is 10.3. The van der Waals surface area contributed by atoms with Gasteiger partial charge in [0.15, 0.2) is 0 Å². The van der Waals surface area contributed by atoms with Gasteiger partial charge >= 0.3 is 0 Å². The van der Waals surface area contributed by atoms with Crippen LogP contribution in [0, 0.1) is 0 Å². The molecule has 0 saturated carbocycles. The van der Waals surface area contributed by atoms with Crippen LogP contribution in [0.5, 0.6) is 0 Å². The lowest BCUT2D eigenvalue weighted by molar-refractivity contribution is 1.31. The van der Waals surface area contributed by atoms with E-state index in [1.807, 2.05) is 12.1 Å². The number of benzene rings is 2. The predicted octanol–water partition coefficient (Wildman–Crippen LogP) is 8.12. The zero-order valence-corrected chi connectivity index (χ0v) is 19.2. The van der Waals surface area contributed by atoms with E-state index < -0.39 is 0 Å². The molecule has 0 bridgehead atoms. The fourth-order valence-electron chi connectivity index (χ4n) is 1.76. The predicted molar refractivity (Wildman–Crippen MR) is 116 cm³/mol. The fraction of sp³-hybridized carbons (Fsp3) is 0.250. The molecule has 0 atom stereocenters. The second kappa shape index (κ2) is 10.9. The van der Waals surface area contributed by atoms with E-state index in [1.54, 1.807) is 35.3 Å². The number of hydrogen-bond acceptors (Lipinski definition) is 3. The van der Waals surface area contributed by atoms with E-state index >= 15 is 0 Å². The highest BCUT2D eigenvalue weighted by atomic mass is 79.9. The maximum absolute atomic E-state index is 6.36. The van der Waals surface area contributed by atoms with Gasteiger partial charge < -0.3 is 0 Å². The van der Waals surface area contributed by atoms with Crippen LogP contribution in [0.4, 0.5) is 0 Å². The standard InChI is InChI=1S/C16H14Br2Cl2S3/c17-5-7-21-15-3-1-11(9-13(15)19)23-12-2-4-16(14(20)10-12)22-8-6-18/h1-4,9-10H,5-8H2. The van der Waals surface area contributed by atoms with Crippen LogP contribution in [0.25, 0.3) is 0 Å². The Labute approximate surface area is 177 Å². The van der Waals surface area contributed by atoms with Gasteiger partial charge in [0, 0.05) is 41.7 Å². The lowest BCUT2D eigenvalue weighted by Gasteiger charge is -2.08. The lowest BCUT2D eigenvalue weighted by Crippen LogP contribution is -1.83. The zero-order valence-electron chi connectivity index (χ0n) is 12.0.